The van der Waals surface area contributed by atoms with Crippen molar-refractivity contribution >= 4 is 41.2 Å². The van der Waals surface area contributed by atoms with Gasteiger partial charge in [-0.2, -0.15) is 0 Å². The van der Waals surface area contributed by atoms with E-state index in [4.69, 9.17) is 32.6 Å². The minimum absolute atomic E-state index is 0.108. The van der Waals surface area contributed by atoms with Crippen molar-refractivity contribution < 1.29 is 48.4 Å². The third-order valence-electron chi connectivity index (χ3n) is 7.95. The van der Waals surface area contributed by atoms with Crippen LogP contribution in [0.3, 0.4) is 0 Å². The van der Waals surface area contributed by atoms with Crippen molar-refractivity contribution in [2.45, 2.75) is 24.8 Å². The van der Waals surface area contributed by atoms with E-state index in [0.717, 1.165) is 81.4 Å². The van der Waals surface area contributed by atoms with Crippen LogP contribution >= 0.6 is 12.2 Å². The van der Waals surface area contributed by atoms with Crippen LogP contribution in [0.2, 0.25) is 0 Å². The summed E-state index contributed by atoms with van der Waals surface area (Å²) in [4.78, 5) is 45.6. The Bertz CT molecular complexity index is 1450. The Balaban J connectivity index is 0.000000325. The van der Waals surface area contributed by atoms with E-state index >= 15 is 0 Å². The van der Waals surface area contributed by atoms with E-state index in [2.05, 4.69) is 20.0 Å². The minimum Gasteiger partial charge on any atom is -0.478 e. The number of fused-ring (bicyclic) bond motifs is 1. The van der Waals surface area contributed by atoms with E-state index < -0.39 is 23.9 Å². The highest BCUT2D eigenvalue weighted by molar-refractivity contribution is 7.80. The van der Waals surface area contributed by atoms with E-state index in [1.807, 2.05) is 18.2 Å². The van der Waals surface area contributed by atoms with E-state index in [1.54, 1.807) is 12.1 Å². The number of rotatable bonds is 9. The van der Waals surface area contributed by atoms with E-state index in [1.165, 1.54) is 17.7 Å². The number of nitrogens with one attached hydrogen (secondary N) is 1. The Hall–Kier alpha value is -4.73. The van der Waals surface area contributed by atoms with E-state index in [9.17, 15) is 28.0 Å². The number of hydrogen-bond acceptors (Lipinski definition) is 7. The number of hydrogen-bond donors (Lipinski definition) is 5. The summed E-state index contributed by atoms with van der Waals surface area (Å²) in [7, 11) is 0. The molecule has 258 valence electrons. The van der Waals surface area contributed by atoms with Crippen LogP contribution in [0.4, 0.5) is 8.78 Å². The van der Waals surface area contributed by atoms with Gasteiger partial charge in [0, 0.05) is 88.6 Å². The zero-order valence-electron chi connectivity index (χ0n) is 26.0. The van der Waals surface area contributed by atoms with Gasteiger partial charge in [0.05, 0.1) is 0 Å². The second kappa shape index (κ2) is 18.6. The molecule has 0 aromatic heterocycles. The maximum Gasteiger partial charge on any atom is 0.328 e. The van der Waals surface area contributed by atoms with Crippen LogP contribution in [0.5, 0.6) is 0 Å². The predicted octanol–water partition coefficient (Wildman–Crippen LogP) is 3.16. The lowest BCUT2D eigenvalue weighted by molar-refractivity contribution is -0.134. The van der Waals surface area contributed by atoms with E-state index in [0.29, 0.717) is 24.3 Å². The number of piperazine rings is 1. The Morgan fingerprint density at radius 2 is 1.29 bits per heavy atom. The Morgan fingerprint density at radius 3 is 1.81 bits per heavy atom. The fraction of sp³-hybridized carbons (Fsp3) is 0.364. The first-order chi connectivity index (χ1) is 22.8. The largest absolute Gasteiger partial charge is 0.478 e. The number of thiocarbonyl (C=S) groups is 1. The standard InChI is InChI=1S/C25H30F2N4S.2C4H4O4/c26-19-4-2-18(3-5-19)22-17-24(21-7-6-20(27)16-23(21)22)30-13-10-29(11-14-30)12-15-31-9-1-8-28-25(31)32;2*5-3(6)1-2-4(7)8/h2-7,16,22,24H,1,8-15,17H2,(H,28,32);2*1-2H,(H,5,6)(H,7,8)/b;2*2-1-. The molecule has 0 spiro atoms. The minimum atomic E-state index is -1.26. The van der Waals surface area contributed by atoms with Crippen LogP contribution in [-0.4, -0.2) is 116 Å². The molecule has 5 rings (SSSR count). The summed E-state index contributed by atoms with van der Waals surface area (Å²) in [5, 5.41) is 35.4. The molecule has 2 unspecified atom stereocenters. The molecule has 2 saturated heterocycles. The number of carboxylic acids is 4. The summed E-state index contributed by atoms with van der Waals surface area (Å²) in [6.45, 7) is 8.10. The molecule has 2 fully saturated rings. The number of carboxylic acid groups (broad SMARTS) is 4. The van der Waals surface area contributed by atoms with Crippen molar-refractivity contribution in [3.05, 3.63) is 95.1 Å². The Morgan fingerprint density at radius 1 is 0.750 bits per heavy atom. The topological polar surface area (TPSA) is 171 Å². The highest BCUT2D eigenvalue weighted by Crippen LogP contribution is 2.47. The highest BCUT2D eigenvalue weighted by Gasteiger charge is 2.36. The summed E-state index contributed by atoms with van der Waals surface area (Å²) in [6.07, 6.45) is 4.29. The highest BCUT2D eigenvalue weighted by atomic mass is 32.1. The average molecular weight is 689 g/mol. The lowest BCUT2D eigenvalue weighted by atomic mass is 9.93. The molecule has 3 aliphatic rings. The summed E-state index contributed by atoms with van der Waals surface area (Å²) >= 11 is 5.43. The first kappa shape index (κ1) is 37.7. The monoisotopic (exact) mass is 688 g/mol. The molecule has 12 nitrogen and oxygen atoms in total. The van der Waals surface area contributed by atoms with Gasteiger partial charge in [-0.1, -0.05) is 18.2 Å². The molecular weight excluding hydrogens is 650 g/mol. The molecule has 2 heterocycles. The van der Waals surface area contributed by atoms with Gasteiger partial charge < -0.3 is 30.6 Å². The van der Waals surface area contributed by atoms with Crippen molar-refractivity contribution in [3.63, 3.8) is 0 Å². The number of carbonyl (C=O) groups is 4. The van der Waals surface area contributed by atoms with Gasteiger partial charge in [0.25, 0.3) is 0 Å². The number of aliphatic carboxylic acids is 4. The molecule has 15 heteroatoms. The lowest BCUT2D eigenvalue weighted by Crippen LogP contribution is -2.52. The third-order valence-corrected chi connectivity index (χ3v) is 8.36. The number of benzene rings is 2. The normalized spacial score (nSPS) is 19.5. The molecule has 48 heavy (non-hydrogen) atoms. The van der Waals surface area contributed by atoms with Crippen LogP contribution in [0.15, 0.2) is 66.8 Å². The molecule has 0 amide bonds. The van der Waals surface area contributed by atoms with Gasteiger partial charge in [0.15, 0.2) is 5.11 Å². The zero-order valence-corrected chi connectivity index (χ0v) is 26.8. The van der Waals surface area contributed by atoms with Crippen molar-refractivity contribution in [3.8, 4) is 0 Å². The summed E-state index contributed by atoms with van der Waals surface area (Å²) in [6, 6.07) is 12.2. The fourth-order valence-corrected chi connectivity index (χ4v) is 6.01. The van der Waals surface area contributed by atoms with Gasteiger partial charge in [-0.05, 0) is 66.0 Å². The van der Waals surface area contributed by atoms with Gasteiger partial charge in [-0.25, -0.2) is 28.0 Å². The molecular formula is C33H38F2N4O8S. The number of nitrogens with zero attached hydrogens (tertiary/aromatic N) is 3. The van der Waals surface area contributed by atoms with Crippen LogP contribution in [0.25, 0.3) is 0 Å². The second-order valence-electron chi connectivity index (χ2n) is 11.1. The molecule has 0 bridgehead atoms. The molecule has 0 saturated carbocycles. The molecule has 5 N–H and O–H groups in total. The molecule has 2 aromatic rings. The lowest BCUT2D eigenvalue weighted by Gasteiger charge is -2.39. The van der Waals surface area contributed by atoms with Crippen LogP contribution in [0, 0.1) is 11.6 Å². The van der Waals surface area contributed by atoms with Gasteiger partial charge in [-0.3, -0.25) is 9.80 Å². The van der Waals surface area contributed by atoms with Crippen molar-refractivity contribution in [2.24, 2.45) is 0 Å². The first-order valence-corrected chi connectivity index (χ1v) is 15.6. The zero-order chi connectivity index (χ0) is 35.2. The van der Waals surface area contributed by atoms with Crippen LogP contribution in [0.1, 0.15) is 41.5 Å². The van der Waals surface area contributed by atoms with E-state index in [-0.39, 0.29) is 23.6 Å². The Labute approximate surface area is 281 Å². The average Bonchev–Trinajstić information content (AvgIpc) is 3.42. The smallest absolute Gasteiger partial charge is 0.328 e. The first-order valence-electron chi connectivity index (χ1n) is 15.2. The number of halogens is 2. The summed E-state index contributed by atoms with van der Waals surface area (Å²) in [5.41, 5.74) is 3.33. The summed E-state index contributed by atoms with van der Waals surface area (Å²) < 4.78 is 27.6. The fourth-order valence-electron chi connectivity index (χ4n) is 5.72. The molecule has 1 aliphatic carbocycles. The second-order valence-corrected chi connectivity index (χ2v) is 11.5. The van der Waals surface area contributed by atoms with Crippen molar-refractivity contribution in [1.82, 2.24) is 20.0 Å². The molecule has 2 aromatic carbocycles. The maximum absolute atomic E-state index is 14.1. The van der Waals surface area contributed by atoms with Gasteiger partial charge in [0.1, 0.15) is 11.6 Å². The van der Waals surface area contributed by atoms with Crippen molar-refractivity contribution in [1.29, 1.82) is 0 Å². The molecule has 2 aliphatic heterocycles. The van der Waals surface area contributed by atoms with Gasteiger partial charge in [-0.15, -0.1) is 0 Å². The van der Waals surface area contributed by atoms with Crippen molar-refractivity contribution in [2.75, 3.05) is 52.4 Å². The predicted molar refractivity (Wildman–Crippen MR) is 176 cm³/mol. The third kappa shape index (κ3) is 12.1. The van der Waals surface area contributed by atoms with Crippen LogP contribution < -0.4 is 5.32 Å². The van der Waals surface area contributed by atoms with Crippen LogP contribution in [-0.2, 0) is 19.2 Å². The Kier molecular flexibility index (Phi) is 14.6. The summed E-state index contributed by atoms with van der Waals surface area (Å²) in [5.74, 6) is -5.36. The van der Waals surface area contributed by atoms with Gasteiger partial charge in [0.2, 0.25) is 0 Å². The SMILES string of the molecule is Fc1ccc(C2CC(N3CCN(CCN4CCCNC4=S)CC3)c3ccc(F)cc32)cc1.O=C(O)/C=C\C(=O)O.O=C(O)/C=C\C(=O)O. The molecule has 2 atom stereocenters. The maximum atomic E-state index is 14.1. The quantitative estimate of drug-likeness (QED) is 0.193. The van der Waals surface area contributed by atoms with Gasteiger partial charge >= 0.3 is 23.9 Å². The molecule has 0 radical (unpaired) electrons.